The number of nitrogens with zero attached hydrogens (tertiary/aromatic N) is 3. The Hall–Kier alpha value is -1.44. The van der Waals surface area contributed by atoms with Crippen molar-refractivity contribution in [2.24, 2.45) is 5.92 Å². The standard InChI is InChI=1S/C18H28N4O3/c23-18(20-9-14-1-5-24-6-2-14)17-12-21(15-3-7-25-8-4-15)11-16-10-19-13-22(16)17/h10,13-15,17H,1-9,11-12H2,(H,20,23). The van der Waals surface area contributed by atoms with Gasteiger partial charge in [0.2, 0.25) is 5.91 Å². The zero-order valence-corrected chi connectivity index (χ0v) is 14.7. The number of carbonyl (C=O) groups is 1. The highest BCUT2D eigenvalue weighted by Crippen LogP contribution is 2.26. The van der Waals surface area contributed by atoms with Gasteiger partial charge < -0.3 is 19.4 Å². The zero-order chi connectivity index (χ0) is 17.1. The molecule has 1 N–H and O–H groups in total. The molecule has 0 aromatic carbocycles. The lowest BCUT2D eigenvalue weighted by Gasteiger charge is -2.40. The minimum Gasteiger partial charge on any atom is -0.381 e. The molecular formula is C18H28N4O3. The summed E-state index contributed by atoms with van der Waals surface area (Å²) in [6, 6.07) is 0.317. The molecule has 7 nitrogen and oxygen atoms in total. The molecule has 138 valence electrons. The number of nitrogens with one attached hydrogen (secondary N) is 1. The maximum absolute atomic E-state index is 12.9. The number of fused-ring (bicyclic) bond motifs is 1. The van der Waals surface area contributed by atoms with Crippen molar-refractivity contribution >= 4 is 5.91 Å². The van der Waals surface area contributed by atoms with E-state index in [4.69, 9.17) is 9.47 Å². The minimum absolute atomic E-state index is 0.113. The lowest BCUT2D eigenvalue weighted by Crippen LogP contribution is -2.49. The summed E-state index contributed by atoms with van der Waals surface area (Å²) in [5.41, 5.74) is 1.13. The number of ether oxygens (including phenoxy) is 2. The summed E-state index contributed by atoms with van der Waals surface area (Å²) in [6.07, 6.45) is 7.86. The maximum Gasteiger partial charge on any atom is 0.244 e. The average molecular weight is 348 g/mol. The molecule has 3 aliphatic rings. The summed E-state index contributed by atoms with van der Waals surface area (Å²) < 4.78 is 12.9. The molecule has 0 bridgehead atoms. The molecule has 4 heterocycles. The fourth-order valence-electron chi connectivity index (χ4n) is 4.17. The molecule has 0 spiro atoms. The highest BCUT2D eigenvalue weighted by atomic mass is 16.5. The molecule has 0 radical (unpaired) electrons. The molecule has 2 saturated heterocycles. The van der Waals surface area contributed by atoms with Crippen LogP contribution < -0.4 is 5.32 Å². The summed E-state index contributed by atoms with van der Waals surface area (Å²) >= 11 is 0. The number of imidazole rings is 1. The molecule has 25 heavy (non-hydrogen) atoms. The van der Waals surface area contributed by atoms with Crippen LogP contribution >= 0.6 is 0 Å². The van der Waals surface area contributed by atoms with Gasteiger partial charge in [-0.2, -0.15) is 0 Å². The third-order valence-electron chi connectivity index (χ3n) is 5.77. The molecule has 3 aliphatic heterocycles. The quantitative estimate of drug-likeness (QED) is 0.878. The van der Waals surface area contributed by atoms with Gasteiger partial charge >= 0.3 is 0 Å². The van der Waals surface area contributed by atoms with Crippen LogP contribution in [0, 0.1) is 5.92 Å². The Labute approximate surface area is 148 Å². The van der Waals surface area contributed by atoms with E-state index in [9.17, 15) is 4.79 Å². The van der Waals surface area contributed by atoms with Crippen LogP contribution in [-0.2, 0) is 20.8 Å². The van der Waals surface area contributed by atoms with Crippen molar-refractivity contribution in [3.05, 3.63) is 18.2 Å². The van der Waals surface area contributed by atoms with Crippen LogP contribution in [0.2, 0.25) is 0 Å². The van der Waals surface area contributed by atoms with E-state index in [0.717, 1.165) is 77.4 Å². The number of aromatic nitrogens is 2. The van der Waals surface area contributed by atoms with Gasteiger partial charge in [-0.3, -0.25) is 9.69 Å². The lowest BCUT2D eigenvalue weighted by molar-refractivity contribution is -0.126. The summed E-state index contributed by atoms with van der Waals surface area (Å²) in [5.74, 6) is 0.651. The Morgan fingerprint density at radius 1 is 1.16 bits per heavy atom. The molecular weight excluding hydrogens is 320 g/mol. The second-order valence-corrected chi connectivity index (χ2v) is 7.38. The van der Waals surface area contributed by atoms with Gasteiger partial charge in [0.1, 0.15) is 6.04 Å². The van der Waals surface area contributed by atoms with Gasteiger partial charge in [-0.1, -0.05) is 0 Å². The van der Waals surface area contributed by atoms with Gasteiger partial charge in [0.25, 0.3) is 0 Å². The van der Waals surface area contributed by atoms with Gasteiger partial charge in [0.05, 0.1) is 12.0 Å². The van der Waals surface area contributed by atoms with Crippen LogP contribution in [0.5, 0.6) is 0 Å². The first-order valence-electron chi connectivity index (χ1n) is 9.49. The summed E-state index contributed by atoms with van der Waals surface area (Å²) in [7, 11) is 0. The number of amides is 1. The molecule has 1 amide bonds. The first kappa shape index (κ1) is 17.0. The van der Waals surface area contributed by atoms with Crippen molar-refractivity contribution in [3.63, 3.8) is 0 Å². The normalized spacial score (nSPS) is 26.3. The lowest BCUT2D eigenvalue weighted by atomic mass is 10.00. The van der Waals surface area contributed by atoms with Crippen molar-refractivity contribution in [3.8, 4) is 0 Å². The topological polar surface area (TPSA) is 68.6 Å². The van der Waals surface area contributed by atoms with Crippen molar-refractivity contribution in [1.29, 1.82) is 0 Å². The van der Waals surface area contributed by atoms with Crippen molar-refractivity contribution in [2.45, 2.75) is 44.3 Å². The van der Waals surface area contributed by atoms with Crippen LogP contribution in [-0.4, -0.2) is 65.9 Å². The van der Waals surface area contributed by atoms with Crippen LogP contribution in [0.4, 0.5) is 0 Å². The third kappa shape index (κ3) is 3.88. The maximum atomic E-state index is 12.9. The summed E-state index contributed by atoms with van der Waals surface area (Å²) in [4.78, 5) is 19.6. The van der Waals surface area contributed by atoms with E-state index >= 15 is 0 Å². The van der Waals surface area contributed by atoms with Gasteiger partial charge in [0, 0.05) is 58.3 Å². The molecule has 1 unspecified atom stereocenters. The second-order valence-electron chi connectivity index (χ2n) is 7.38. The van der Waals surface area contributed by atoms with E-state index in [2.05, 4.69) is 19.8 Å². The highest BCUT2D eigenvalue weighted by Gasteiger charge is 2.34. The molecule has 0 aliphatic carbocycles. The largest absolute Gasteiger partial charge is 0.381 e. The summed E-state index contributed by atoms with van der Waals surface area (Å²) in [5, 5.41) is 3.18. The van der Waals surface area contributed by atoms with Gasteiger partial charge in [-0.05, 0) is 31.6 Å². The van der Waals surface area contributed by atoms with Crippen molar-refractivity contribution in [1.82, 2.24) is 19.8 Å². The fraction of sp³-hybridized carbons (Fsp3) is 0.778. The number of rotatable bonds is 4. The molecule has 1 aromatic rings. The zero-order valence-electron chi connectivity index (χ0n) is 14.7. The Morgan fingerprint density at radius 3 is 2.64 bits per heavy atom. The van der Waals surface area contributed by atoms with Crippen LogP contribution in [0.15, 0.2) is 12.5 Å². The van der Waals surface area contributed by atoms with Crippen LogP contribution in [0.1, 0.15) is 37.4 Å². The first-order valence-corrected chi connectivity index (χ1v) is 9.49. The SMILES string of the molecule is O=C(NCC1CCOCC1)C1CN(C2CCOCC2)Cc2cncn21. The number of hydrogen-bond acceptors (Lipinski definition) is 5. The Kier molecular flexibility index (Phi) is 5.33. The van der Waals surface area contributed by atoms with E-state index < -0.39 is 0 Å². The van der Waals surface area contributed by atoms with E-state index in [-0.39, 0.29) is 11.9 Å². The van der Waals surface area contributed by atoms with E-state index in [1.807, 2.05) is 6.20 Å². The second kappa shape index (κ2) is 7.85. The monoisotopic (exact) mass is 348 g/mol. The van der Waals surface area contributed by atoms with Gasteiger partial charge in [-0.15, -0.1) is 0 Å². The molecule has 4 rings (SSSR count). The van der Waals surface area contributed by atoms with Crippen molar-refractivity contribution < 1.29 is 14.3 Å². The van der Waals surface area contributed by atoms with E-state index in [0.29, 0.717) is 12.0 Å². The van der Waals surface area contributed by atoms with Crippen molar-refractivity contribution in [2.75, 3.05) is 39.5 Å². The van der Waals surface area contributed by atoms with E-state index in [1.54, 1.807) is 6.33 Å². The molecule has 7 heteroatoms. The molecule has 1 atom stereocenters. The first-order chi connectivity index (χ1) is 12.3. The average Bonchev–Trinajstić information content (AvgIpc) is 3.15. The molecule has 2 fully saturated rings. The minimum atomic E-state index is -0.186. The smallest absolute Gasteiger partial charge is 0.244 e. The predicted octanol–water partition coefficient (Wildman–Crippen LogP) is 0.962. The van der Waals surface area contributed by atoms with Gasteiger partial charge in [-0.25, -0.2) is 4.98 Å². The predicted molar refractivity (Wildman–Crippen MR) is 92.1 cm³/mol. The fourth-order valence-corrected chi connectivity index (χ4v) is 4.17. The molecule has 1 aromatic heterocycles. The number of hydrogen-bond donors (Lipinski definition) is 1. The summed E-state index contributed by atoms with van der Waals surface area (Å²) in [6.45, 7) is 5.64. The Balaban J connectivity index is 1.41. The van der Waals surface area contributed by atoms with E-state index in [1.165, 1.54) is 0 Å². The third-order valence-corrected chi connectivity index (χ3v) is 5.77. The number of carbonyl (C=O) groups excluding carboxylic acids is 1. The Bertz CT molecular complexity index is 579. The highest BCUT2D eigenvalue weighted by molar-refractivity contribution is 5.80. The Morgan fingerprint density at radius 2 is 1.88 bits per heavy atom. The van der Waals surface area contributed by atoms with Crippen LogP contribution in [0.25, 0.3) is 0 Å². The van der Waals surface area contributed by atoms with Crippen LogP contribution in [0.3, 0.4) is 0 Å². The van der Waals surface area contributed by atoms with Gasteiger partial charge in [0.15, 0.2) is 0 Å². The molecule has 0 saturated carbocycles.